The van der Waals surface area contributed by atoms with E-state index in [1.807, 2.05) is 11.3 Å². The minimum atomic E-state index is 1.00. The Hall–Kier alpha value is -0.340. The average molecular weight is 363 g/mol. The Morgan fingerprint density at radius 3 is 1.92 bits per heavy atom. The van der Waals surface area contributed by atoms with E-state index in [1.165, 1.54) is 86.4 Å². The van der Waals surface area contributed by atoms with Crippen LogP contribution >= 0.6 is 22.7 Å². The molecule has 24 heavy (non-hydrogen) atoms. The highest BCUT2D eigenvalue weighted by molar-refractivity contribution is 7.27. The molecule has 1 aliphatic carbocycles. The summed E-state index contributed by atoms with van der Waals surface area (Å²) >= 11 is 4.08. The van der Waals surface area contributed by atoms with Gasteiger partial charge in [0, 0.05) is 19.2 Å². The highest BCUT2D eigenvalue weighted by Crippen LogP contribution is 2.37. The zero-order chi connectivity index (χ0) is 16.8. The Balaban J connectivity index is 1.41. The van der Waals surface area contributed by atoms with Crippen molar-refractivity contribution < 1.29 is 0 Å². The van der Waals surface area contributed by atoms with Gasteiger partial charge in [0.1, 0.15) is 0 Å². The second kappa shape index (κ2) is 9.38. The number of rotatable bonds is 9. The Morgan fingerprint density at radius 2 is 1.33 bits per heavy atom. The molecule has 0 nitrogen and oxygen atoms in total. The summed E-state index contributed by atoms with van der Waals surface area (Å²) in [6, 6.07) is 4.93. The second-order valence-electron chi connectivity index (χ2n) is 7.83. The van der Waals surface area contributed by atoms with E-state index in [0.717, 1.165) is 11.8 Å². The summed E-state index contributed by atoms with van der Waals surface area (Å²) in [4.78, 5) is 3.20. The van der Waals surface area contributed by atoms with E-state index in [9.17, 15) is 0 Å². The number of unbranched alkanes of at least 4 members (excludes halogenated alkanes) is 2. The van der Waals surface area contributed by atoms with E-state index < -0.39 is 0 Å². The van der Waals surface area contributed by atoms with Gasteiger partial charge in [0.15, 0.2) is 0 Å². The van der Waals surface area contributed by atoms with Crippen LogP contribution in [0.4, 0.5) is 0 Å². The number of thiophene rings is 2. The van der Waals surface area contributed by atoms with Crippen molar-refractivity contribution in [2.45, 2.75) is 90.9 Å². The number of hydrogen-bond donors (Lipinski definition) is 0. The molecule has 0 bridgehead atoms. The van der Waals surface area contributed by atoms with Crippen LogP contribution in [0.25, 0.3) is 9.40 Å². The van der Waals surface area contributed by atoms with Crippen LogP contribution in [0.5, 0.6) is 0 Å². The zero-order valence-electron chi connectivity index (χ0n) is 15.6. The van der Waals surface area contributed by atoms with Gasteiger partial charge in [-0.3, -0.25) is 0 Å². The molecule has 0 unspecified atom stereocenters. The molecule has 134 valence electrons. The van der Waals surface area contributed by atoms with Crippen LogP contribution in [-0.4, -0.2) is 0 Å². The van der Waals surface area contributed by atoms with E-state index in [4.69, 9.17) is 0 Å². The van der Waals surface area contributed by atoms with E-state index in [1.54, 1.807) is 9.75 Å². The molecule has 2 aromatic heterocycles. The summed E-state index contributed by atoms with van der Waals surface area (Å²) in [5.74, 6) is 2.06. The van der Waals surface area contributed by atoms with E-state index >= 15 is 0 Å². The molecule has 0 spiro atoms. The highest BCUT2D eigenvalue weighted by Gasteiger charge is 2.21. The molecule has 0 amide bonds. The minimum absolute atomic E-state index is 1.00. The van der Waals surface area contributed by atoms with Crippen LogP contribution in [0, 0.1) is 11.8 Å². The van der Waals surface area contributed by atoms with Crippen LogP contribution < -0.4 is 0 Å². The first-order chi connectivity index (χ1) is 11.8. The summed E-state index contributed by atoms with van der Waals surface area (Å²) in [6.45, 7) is 4.59. The molecule has 0 saturated heterocycles. The van der Waals surface area contributed by atoms with Crippen molar-refractivity contribution in [1.29, 1.82) is 0 Å². The quantitative estimate of drug-likeness (QED) is 0.394. The lowest BCUT2D eigenvalue weighted by Crippen LogP contribution is -2.15. The Morgan fingerprint density at radius 1 is 0.750 bits per heavy atom. The molecule has 2 heterocycles. The zero-order valence-corrected chi connectivity index (χ0v) is 17.2. The third-order valence-electron chi connectivity index (χ3n) is 5.79. The van der Waals surface area contributed by atoms with Gasteiger partial charge in [-0.05, 0) is 43.2 Å². The lowest BCUT2D eigenvalue weighted by atomic mass is 9.78. The van der Waals surface area contributed by atoms with Gasteiger partial charge in [-0.25, -0.2) is 0 Å². The Bertz CT molecular complexity index is 567. The van der Waals surface area contributed by atoms with Gasteiger partial charge in [0.25, 0.3) is 0 Å². The van der Waals surface area contributed by atoms with Gasteiger partial charge in [-0.1, -0.05) is 71.6 Å². The van der Waals surface area contributed by atoms with Crippen molar-refractivity contribution in [1.82, 2.24) is 0 Å². The summed E-state index contributed by atoms with van der Waals surface area (Å²) < 4.78 is 3.08. The molecule has 0 radical (unpaired) electrons. The van der Waals surface area contributed by atoms with Gasteiger partial charge in [0.05, 0.1) is 0 Å². The Labute approximate surface area is 156 Å². The lowest BCUT2D eigenvalue weighted by molar-refractivity contribution is 0.249. The summed E-state index contributed by atoms with van der Waals surface area (Å²) in [6.07, 6.45) is 17.1. The molecular formula is C22H34S2. The maximum Gasteiger partial charge on any atom is 0.0456 e. The van der Waals surface area contributed by atoms with Crippen molar-refractivity contribution in [3.8, 4) is 0 Å². The maximum atomic E-state index is 2.49. The molecule has 3 rings (SSSR count). The summed E-state index contributed by atoms with van der Waals surface area (Å²) in [7, 11) is 0. The number of fused-ring (bicyclic) bond motifs is 1. The van der Waals surface area contributed by atoms with Gasteiger partial charge >= 0.3 is 0 Å². The van der Waals surface area contributed by atoms with Crippen LogP contribution in [-0.2, 0) is 12.8 Å². The van der Waals surface area contributed by atoms with Gasteiger partial charge in [0.2, 0.25) is 0 Å². The fraction of sp³-hybridized carbons (Fsp3) is 0.727. The molecule has 1 aliphatic rings. The van der Waals surface area contributed by atoms with Crippen molar-refractivity contribution in [2.75, 3.05) is 0 Å². The summed E-state index contributed by atoms with van der Waals surface area (Å²) in [5.41, 5.74) is 0. The monoisotopic (exact) mass is 362 g/mol. The van der Waals surface area contributed by atoms with Gasteiger partial charge in [-0.15, -0.1) is 22.7 Å². The highest BCUT2D eigenvalue weighted by atomic mass is 32.1. The molecule has 0 aromatic carbocycles. The van der Waals surface area contributed by atoms with E-state index in [-0.39, 0.29) is 0 Å². The molecule has 0 N–H and O–H groups in total. The molecule has 0 aliphatic heterocycles. The molecule has 2 aromatic rings. The molecule has 1 fully saturated rings. The normalized spacial score (nSPS) is 21.6. The first-order valence-electron chi connectivity index (χ1n) is 10.3. The van der Waals surface area contributed by atoms with Crippen molar-refractivity contribution in [2.24, 2.45) is 11.8 Å². The maximum absolute atomic E-state index is 2.49. The smallest absolute Gasteiger partial charge is 0.0456 e. The van der Waals surface area contributed by atoms with Crippen LogP contribution in [0.1, 0.15) is 87.8 Å². The fourth-order valence-electron chi connectivity index (χ4n) is 4.27. The summed E-state index contributed by atoms with van der Waals surface area (Å²) in [5, 5.41) is 0. The number of aryl methyl sites for hydroxylation is 2. The number of hydrogen-bond acceptors (Lipinski definition) is 2. The third-order valence-corrected chi connectivity index (χ3v) is 8.20. The standard InChI is InChI=1S/C22H34S2/c1-3-5-6-8-17-9-11-18(12-10-17)13-14-20-16-22-21(24-20)15-19(23-22)7-4-2/h15-18H,3-14H2,1-2H3. The predicted molar refractivity (Wildman–Crippen MR) is 112 cm³/mol. The topological polar surface area (TPSA) is 0 Å². The van der Waals surface area contributed by atoms with E-state index in [0.29, 0.717) is 0 Å². The first-order valence-corrected chi connectivity index (χ1v) is 11.9. The molecular weight excluding hydrogens is 328 g/mol. The first kappa shape index (κ1) is 18.5. The molecule has 0 atom stereocenters. The minimum Gasteiger partial charge on any atom is -0.139 e. The van der Waals surface area contributed by atoms with Gasteiger partial charge in [-0.2, -0.15) is 0 Å². The second-order valence-corrected chi connectivity index (χ2v) is 10.2. The van der Waals surface area contributed by atoms with E-state index in [2.05, 4.69) is 37.3 Å². The molecule has 2 heteroatoms. The van der Waals surface area contributed by atoms with Crippen LogP contribution in [0.2, 0.25) is 0 Å². The fourth-order valence-corrected chi connectivity index (χ4v) is 6.83. The van der Waals surface area contributed by atoms with Crippen molar-refractivity contribution in [3.05, 3.63) is 21.9 Å². The molecule has 1 saturated carbocycles. The third kappa shape index (κ3) is 5.08. The SMILES string of the molecule is CCCCCC1CCC(CCc2cc3sc(CCC)cc3s2)CC1. The van der Waals surface area contributed by atoms with Crippen LogP contribution in [0.3, 0.4) is 0 Å². The predicted octanol–water partition coefficient (Wildman–Crippen LogP) is 8.23. The largest absolute Gasteiger partial charge is 0.139 e. The Kier molecular flexibility index (Phi) is 7.21. The van der Waals surface area contributed by atoms with Crippen molar-refractivity contribution >= 4 is 32.1 Å². The lowest BCUT2D eigenvalue weighted by Gasteiger charge is -2.28. The van der Waals surface area contributed by atoms with Crippen LogP contribution in [0.15, 0.2) is 12.1 Å². The van der Waals surface area contributed by atoms with Gasteiger partial charge < -0.3 is 0 Å². The average Bonchev–Trinajstić information content (AvgIpc) is 3.13. The van der Waals surface area contributed by atoms with Crippen molar-refractivity contribution in [3.63, 3.8) is 0 Å².